The Balaban J connectivity index is 1.78. The van der Waals surface area contributed by atoms with Gasteiger partial charge in [-0.25, -0.2) is 0 Å². The molecule has 3 rings (SSSR count). The minimum absolute atomic E-state index is 0.172. The third kappa shape index (κ3) is 5.69. The molecule has 3 aromatic rings. The molecule has 0 fully saturated rings. The van der Waals surface area contributed by atoms with E-state index in [1.54, 1.807) is 24.3 Å². The minimum Gasteiger partial charge on any atom is -0.450 e. The van der Waals surface area contributed by atoms with Gasteiger partial charge in [-0.2, -0.15) is 5.26 Å². The smallest absolute Gasteiger partial charge is 0.318 e. The topological polar surface area (TPSA) is 148 Å². The molecule has 0 unspecified atom stereocenters. The normalized spacial score (nSPS) is 10.7. The fourth-order valence-corrected chi connectivity index (χ4v) is 2.86. The van der Waals surface area contributed by atoms with Crippen LogP contribution in [0.5, 0.6) is 11.5 Å². The number of para-hydroxylation sites is 1. The number of nitro groups is 2. The van der Waals surface area contributed by atoms with Crippen molar-refractivity contribution in [2.24, 2.45) is 0 Å². The molecule has 0 atom stereocenters. The zero-order chi connectivity index (χ0) is 24.0. The Bertz CT molecular complexity index is 1320. The van der Waals surface area contributed by atoms with Crippen LogP contribution in [0.3, 0.4) is 0 Å². The van der Waals surface area contributed by atoms with Gasteiger partial charge in [-0.15, -0.1) is 0 Å². The molecule has 0 heterocycles. The number of ether oxygens (including phenoxy) is 1. The van der Waals surface area contributed by atoms with Crippen molar-refractivity contribution in [2.75, 3.05) is 5.32 Å². The maximum Gasteiger partial charge on any atom is 0.318 e. The summed E-state index contributed by atoms with van der Waals surface area (Å²) < 4.78 is 5.49. The lowest BCUT2D eigenvalue weighted by atomic mass is 10.1. The van der Waals surface area contributed by atoms with Crippen LogP contribution in [0.1, 0.15) is 5.56 Å². The summed E-state index contributed by atoms with van der Waals surface area (Å²) in [6.45, 7) is 0. The number of anilines is 1. The largest absolute Gasteiger partial charge is 0.450 e. The lowest BCUT2D eigenvalue weighted by Gasteiger charge is -2.07. The Morgan fingerprint density at radius 1 is 1.03 bits per heavy atom. The van der Waals surface area contributed by atoms with Gasteiger partial charge >= 0.3 is 5.69 Å². The van der Waals surface area contributed by atoms with Crippen molar-refractivity contribution in [2.45, 2.75) is 0 Å². The molecule has 0 aliphatic rings. The predicted octanol–water partition coefficient (Wildman–Crippen LogP) is 5.49. The summed E-state index contributed by atoms with van der Waals surface area (Å²) in [6.07, 6.45) is 1.35. The molecule has 0 spiro atoms. The number of non-ortho nitro benzene ring substituents is 1. The number of halogens is 1. The number of nitrogens with one attached hydrogen (secondary N) is 1. The van der Waals surface area contributed by atoms with Crippen LogP contribution in [0.2, 0.25) is 5.02 Å². The first-order valence-corrected chi connectivity index (χ1v) is 9.54. The van der Waals surface area contributed by atoms with Crippen LogP contribution in [-0.4, -0.2) is 15.8 Å². The summed E-state index contributed by atoms with van der Waals surface area (Å²) in [7, 11) is 0. The molecule has 0 aromatic heterocycles. The monoisotopic (exact) mass is 464 g/mol. The molecule has 0 radical (unpaired) electrons. The first-order chi connectivity index (χ1) is 15.8. The van der Waals surface area contributed by atoms with Crippen molar-refractivity contribution in [1.82, 2.24) is 0 Å². The van der Waals surface area contributed by atoms with Crippen molar-refractivity contribution in [3.05, 3.63) is 103 Å². The fraction of sp³-hybridized carbons (Fsp3) is 0. The molecule has 1 N–H and O–H groups in total. The standard InChI is InChI=1S/C22H13ClN4O6/c23-18-3-1-2-4-19(18)25-22(28)15(13-24)11-14-5-8-17(9-6-14)33-21-10-7-16(26(29)30)12-20(21)27(31)32/h1-12H,(H,25,28)/b15-11+. The van der Waals surface area contributed by atoms with Gasteiger partial charge in [-0.1, -0.05) is 35.9 Å². The van der Waals surface area contributed by atoms with E-state index in [1.807, 2.05) is 6.07 Å². The van der Waals surface area contributed by atoms with Crippen molar-refractivity contribution in [1.29, 1.82) is 5.26 Å². The molecule has 164 valence electrons. The highest BCUT2D eigenvalue weighted by Crippen LogP contribution is 2.34. The molecule has 0 saturated carbocycles. The van der Waals surface area contributed by atoms with Crippen LogP contribution in [0.4, 0.5) is 17.1 Å². The molecule has 3 aromatic carbocycles. The molecule has 1 amide bonds. The third-order valence-corrected chi connectivity index (χ3v) is 4.59. The molecular formula is C22H13ClN4O6. The first-order valence-electron chi connectivity index (χ1n) is 9.17. The van der Waals surface area contributed by atoms with E-state index >= 15 is 0 Å². The van der Waals surface area contributed by atoms with Gasteiger partial charge in [0, 0.05) is 6.07 Å². The summed E-state index contributed by atoms with van der Waals surface area (Å²) in [5.74, 6) is -0.610. The number of nitro benzene ring substituents is 2. The number of amides is 1. The highest BCUT2D eigenvalue weighted by Gasteiger charge is 2.21. The Labute approximate surface area is 191 Å². The SMILES string of the molecule is N#C/C(=C\c1ccc(Oc2ccc([N+](=O)[O-])cc2[N+](=O)[O-])cc1)C(=O)Nc1ccccc1Cl. The number of rotatable bonds is 7. The molecule has 0 bridgehead atoms. The number of nitriles is 1. The summed E-state index contributed by atoms with van der Waals surface area (Å²) >= 11 is 6.01. The van der Waals surface area contributed by atoms with Crippen molar-refractivity contribution >= 4 is 40.6 Å². The summed E-state index contributed by atoms with van der Waals surface area (Å²) in [6, 6.07) is 17.5. The average Bonchev–Trinajstić information content (AvgIpc) is 2.80. The van der Waals surface area contributed by atoms with Gasteiger partial charge in [0.05, 0.1) is 26.6 Å². The summed E-state index contributed by atoms with van der Waals surface area (Å²) in [5, 5.41) is 34.3. The molecule has 0 aliphatic carbocycles. The number of hydrogen-bond acceptors (Lipinski definition) is 7. The van der Waals surface area contributed by atoms with Crippen molar-refractivity contribution in [3.63, 3.8) is 0 Å². The second-order valence-electron chi connectivity index (χ2n) is 6.44. The average molecular weight is 465 g/mol. The van der Waals surface area contributed by atoms with E-state index in [0.29, 0.717) is 16.3 Å². The van der Waals surface area contributed by atoms with Crippen molar-refractivity contribution < 1.29 is 19.4 Å². The highest BCUT2D eigenvalue weighted by molar-refractivity contribution is 6.34. The predicted molar refractivity (Wildman–Crippen MR) is 120 cm³/mol. The van der Waals surface area contributed by atoms with Gasteiger partial charge in [0.15, 0.2) is 0 Å². The van der Waals surface area contributed by atoms with Gasteiger partial charge in [0.2, 0.25) is 5.75 Å². The molecule has 0 saturated heterocycles. The Hall–Kier alpha value is -4.75. The molecule has 11 heteroatoms. The number of benzene rings is 3. The summed E-state index contributed by atoms with van der Waals surface area (Å²) in [5.41, 5.74) is -0.315. The van der Waals surface area contributed by atoms with Gasteiger partial charge < -0.3 is 10.1 Å². The van der Waals surface area contributed by atoms with E-state index in [0.717, 1.165) is 18.2 Å². The quantitative estimate of drug-likeness (QED) is 0.210. The van der Waals surface area contributed by atoms with Gasteiger partial charge in [-0.3, -0.25) is 25.0 Å². The zero-order valence-corrected chi connectivity index (χ0v) is 17.4. The first kappa shape index (κ1) is 22.9. The van der Waals surface area contributed by atoms with Gasteiger partial charge in [0.25, 0.3) is 11.6 Å². The van der Waals surface area contributed by atoms with E-state index < -0.39 is 27.1 Å². The number of carbonyl (C=O) groups excluding carboxylic acids is 1. The van der Waals surface area contributed by atoms with Crippen LogP contribution in [0.15, 0.2) is 72.3 Å². The second kappa shape index (κ2) is 10.0. The van der Waals surface area contributed by atoms with Crippen LogP contribution < -0.4 is 10.1 Å². The van der Waals surface area contributed by atoms with E-state index in [-0.39, 0.29) is 17.1 Å². The number of carbonyl (C=O) groups is 1. The van der Waals surface area contributed by atoms with Crippen LogP contribution in [0.25, 0.3) is 6.08 Å². The molecule has 33 heavy (non-hydrogen) atoms. The van der Waals surface area contributed by atoms with Gasteiger partial charge in [0.1, 0.15) is 17.4 Å². The van der Waals surface area contributed by atoms with Gasteiger partial charge in [-0.05, 0) is 42.0 Å². The van der Waals surface area contributed by atoms with Crippen molar-refractivity contribution in [3.8, 4) is 17.6 Å². The Kier molecular flexibility index (Phi) is 6.97. The highest BCUT2D eigenvalue weighted by atomic mass is 35.5. The molecule has 10 nitrogen and oxygen atoms in total. The summed E-state index contributed by atoms with van der Waals surface area (Å²) in [4.78, 5) is 32.9. The number of nitrogens with zero attached hydrogens (tertiary/aromatic N) is 3. The third-order valence-electron chi connectivity index (χ3n) is 4.26. The fourth-order valence-electron chi connectivity index (χ4n) is 2.67. The maximum atomic E-state index is 12.4. The zero-order valence-electron chi connectivity index (χ0n) is 16.6. The minimum atomic E-state index is -0.782. The maximum absolute atomic E-state index is 12.4. The number of hydrogen-bond donors (Lipinski definition) is 1. The van der Waals surface area contributed by atoms with E-state index in [2.05, 4.69) is 5.32 Å². The lowest BCUT2D eigenvalue weighted by Crippen LogP contribution is -2.13. The lowest BCUT2D eigenvalue weighted by molar-refractivity contribution is -0.394. The second-order valence-corrected chi connectivity index (χ2v) is 6.85. The van der Waals surface area contributed by atoms with E-state index in [1.165, 1.54) is 30.3 Å². The van der Waals surface area contributed by atoms with Crippen LogP contribution in [-0.2, 0) is 4.79 Å². The molecule has 0 aliphatic heterocycles. The Morgan fingerprint density at radius 3 is 2.33 bits per heavy atom. The van der Waals surface area contributed by atoms with Crippen LogP contribution in [0, 0.1) is 31.6 Å². The Morgan fingerprint density at radius 2 is 1.73 bits per heavy atom. The van der Waals surface area contributed by atoms with E-state index in [9.17, 15) is 30.3 Å². The molecular weight excluding hydrogens is 452 g/mol. The van der Waals surface area contributed by atoms with Crippen LogP contribution >= 0.6 is 11.6 Å². The van der Waals surface area contributed by atoms with E-state index in [4.69, 9.17) is 16.3 Å².